The van der Waals surface area contributed by atoms with Gasteiger partial charge in [-0.3, -0.25) is 0 Å². The van der Waals surface area contributed by atoms with Crippen LogP contribution in [0.5, 0.6) is 0 Å². The van der Waals surface area contributed by atoms with E-state index in [0.717, 1.165) is 10.2 Å². The molecule has 0 saturated heterocycles. The zero-order valence-electron chi connectivity index (χ0n) is 10.4. The van der Waals surface area contributed by atoms with Crippen LogP contribution in [-0.4, -0.2) is 15.5 Å². The molecule has 19 heavy (non-hydrogen) atoms. The van der Waals surface area contributed by atoms with Gasteiger partial charge < -0.3 is 9.73 Å². The van der Waals surface area contributed by atoms with E-state index in [1.807, 2.05) is 0 Å². The molecule has 0 spiro atoms. The van der Waals surface area contributed by atoms with Gasteiger partial charge in [0.2, 0.25) is 0 Å². The molecular formula is C13H14BrNO3S. The average molecular weight is 344 g/mol. The van der Waals surface area contributed by atoms with E-state index in [0.29, 0.717) is 17.2 Å². The number of sulfone groups is 1. The van der Waals surface area contributed by atoms with E-state index >= 15 is 0 Å². The number of halogens is 1. The topological polar surface area (TPSA) is 59.3 Å². The number of furan rings is 1. The minimum atomic E-state index is -3.37. The lowest BCUT2D eigenvalue weighted by molar-refractivity contribution is 0.465. The molecule has 0 aliphatic carbocycles. The fraction of sp³-hybridized carbons (Fsp3) is 0.231. The maximum atomic E-state index is 12.2. The van der Waals surface area contributed by atoms with Gasteiger partial charge in [0.1, 0.15) is 17.3 Å². The molecule has 0 radical (unpaired) electrons. The first kappa shape index (κ1) is 14.3. The Kier molecular flexibility index (Phi) is 4.44. The van der Waals surface area contributed by atoms with E-state index in [2.05, 4.69) is 21.2 Å². The van der Waals surface area contributed by atoms with Crippen LogP contribution in [0.1, 0.15) is 11.5 Å². The van der Waals surface area contributed by atoms with Gasteiger partial charge in [-0.15, -0.1) is 0 Å². The highest BCUT2D eigenvalue weighted by atomic mass is 79.9. The molecule has 0 aliphatic rings. The zero-order chi connectivity index (χ0) is 13.9. The standard InChI is InChI=1S/C13H14BrNO3S/c1-15-8-11-4-5-12(18-11)9-19(16,17)13-6-2-10(14)3-7-13/h2-7,15H,8-9H2,1H3. The van der Waals surface area contributed by atoms with Crippen molar-refractivity contribution in [3.8, 4) is 0 Å². The van der Waals surface area contributed by atoms with Gasteiger partial charge >= 0.3 is 0 Å². The van der Waals surface area contributed by atoms with Crippen LogP contribution in [-0.2, 0) is 22.1 Å². The Bertz CT molecular complexity index is 647. The van der Waals surface area contributed by atoms with Crippen molar-refractivity contribution in [2.45, 2.75) is 17.2 Å². The van der Waals surface area contributed by atoms with Crippen molar-refractivity contribution in [3.63, 3.8) is 0 Å². The molecule has 0 aliphatic heterocycles. The first-order valence-electron chi connectivity index (χ1n) is 5.72. The van der Waals surface area contributed by atoms with Crippen LogP contribution in [0.25, 0.3) is 0 Å². The molecule has 0 unspecified atom stereocenters. The highest BCUT2D eigenvalue weighted by Crippen LogP contribution is 2.20. The van der Waals surface area contributed by atoms with E-state index < -0.39 is 9.84 Å². The van der Waals surface area contributed by atoms with Crippen molar-refractivity contribution in [1.82, 2.24) is 5.32 Å². The van der Waals surface area contributed by atoms with Gasteiger partial charge in [0.25, 0.3) is 0 Å². The van der Waals surface area contributed by atoms with Crippen molar-refractivity contribution in [2.24, 2.45) is 0 Å². The lowest BCUT2D eigenvalue weighted by Gasteiger charge is -2.02. The van der Waals surface area contributed by atoms with Crippen LogP contribution >= 0.6 is 15.9 Å². The number of hydrogen-bond acceptors (Lipinski definition) is 4. The normalized spacial score (nSPS) is 11.7. The smallest absolute Gasteiger partial charge is 0.185 e. The second kappa shape index (κ2) is 5.90. The molecule has 0 atom stereocenters. The Morgan fingerprint density at radius 3 is 2.37 bits per heavy atom. The van der Waals surface area contributed by atoms with E-state index in [4.69, 9.17) is 4.42 Å². The van der Waals surface area contributed by atoms with E-state index in [1.54, 1.807) is 43.4 Å². The number of rotatable bonds is 5. The molecule has 102 valence electrons. The number of nitrogens with one attached hydrogen (secondary N) is 1. The maximum absolute atomic E-state index is 12.2. The molecular weight excluding hydrogens is 330 g/mol. The molecule has 1 aromatic heterocycles. The van der Waals surface area contributed by atoms with Crippen LogP contribution in [0.4, 0.5) is 0 Å². The van der Waals surface area contributed by atoms with Crippen molar-refractivity contribution >= 4 is 25.8 Å². The second-order valence-electron chi connectivity index (χ2n) is 4.11. The molecule has 1 heterocycles. The summed E-state index contributed by atoms with van der Waals surface area (Å²) in [6.07, 6.45) is 0. The second-order valence-corrected chi connectivity index (χ2v) is 7.02. The number of benzene rings is 1. The molecule has 1 aromatic carbocycles. The Morgan fingerprint density at radius 2 is 1.74 bits per heavy atom. The van der Waals surface area contributed by atoms with Gasteiger partial charge in [-0.05, 0) is 43.4 Å². The van der Waals surface area contributed by atoms with Gasteiger partial charge in [0.05, 0.1) is 11.4 Å². The lowest BCUT2D eigenvalue weighted by Crippen LogP contribution is -2.05. The van der Waals surface area contributed by atoms with Gasteiger partial charge in [0.15, 0.2) is 9.84 Å². The fourth-order valence-electron chi connectivity index (χ4n) is 1.68. The quantitative estimate of drug-likeness (QED) is 0.906. The predicted octanol–water partition coefficient (Wildman–Crippen LogP) is 2.74. The maximum Gasteiger partial charge on any atom is 0.185 e. The summed E-state index contributed by atoms with van der Waals surface area (Å²) in [6.45, 7) is 0.582. The third kappa shape index (κ3) is 3.68. The van der Waals surface area contributed by atoms with E-state index in [9.17, 15) is 8.42 Å². The minimum absolute atomic E-state index is 0.127. The molecule has 6 heteroatoms. The van der Waals surface area contributed by atoms with Gasteiger partial charge in [-0.1, -0.05) is 15.9 Å². The summed E-state index contributed by atoms with van der Waals surface area (Å²) in [7, 11) is -1.56. The first-order valence-corrected chi connectivity index (χ1v) is 8.16. The lowest BCUT2D eigenvalue weighted by atomic mass is 10.4. The zero-order valence-corrected chi connectivity index (χ0v) is 12.8. The van der Waals surface area contributed by atoms with Crippen LogP contribution < -0.4 is 5.32 Å². The summed E-state index contributed by atoms with van der Waals surface area (Å²) in [5.74, 6) is 1.05. The van der Waals surface area contributed by atoms with Gasteiger partial charge in [-0.2, -0.15) is 0 Å². The van der Waals surface area contributed by atoms with Crippen LogP contribution in [0, 0.1) is 0 Å². The van der Waals surface area contributed by atoms with Crippen LogP contribution in [0.15, 0.2) is 50.2 Å². The summed E-state index contributed by atoms with van der Waals surface area (Å²) in [6, 6.07) is 10.1. The SMILES string of the molecule is CNCc1ccc(CS(=O)(=O)c2ccc(Br)cc2)o1. The van der Waals surface area contributed by atoms with E-state index in [-0.39, 0.29) is 5.75 Å². The summed E-state index contributed by atoms with van der Waals surface area (Å²) < 4.78 is 30.7. The summed E-state index contributed by atoms with van der Waals surface area (Å²) in [5, 5.41) is 2.95. The third-order valence-corrected chi connectivity index (χ3v) is 4.76. The Labute approximate surface area is 120 Å². The van der Waals surface area contributed by atoms with Crippen LogP contribution in [0.3, 0.4) is 0 Å². The third-order valence-electron chi connectivity index (χ3n) is 2.57. The van der Waals surface area contributed by atoms with Crippen molar-refractivity contribution in [1.29, 1.82) is 0 Å². The molecule has 2 aromatic rings. The molecule has 2 rings (SSSR count). The summed E-state index contributed by atoms with van der Waals surface area (Å²) in [4.78, 5) is 0.294. The molecule has 1 N–H and O–H groups in total. The van der Waals surface area contributed by atoms with Crippen molar-refractivity contribution in [3.05, 3.63) is 52.4 Å². The summed E-state index contributed by atoms with van der Waals surface area (Å²) in [5.41, 5.74) is 0. The fourth-order valence-corrected chi connectivity index (χ4v) is 3.19. The largest absolute Gasteiger partial charge is 0.464 e. The van der Waals surface area contributed by atoms with Crippen molar-refractivity contribution < 1.29 is 12.8 Å². The van der Waals surface area contributed by atoms with Gasteiger partial charge in [0, 0.05) is 4.47 Å². The molecule has 0 saturated carbocycles. The average Bonchev–Trinajstić information content (AvgIpc) is 2.77. The van der Waals surface area contributed by atoms with Crippen LogP contribution in [0.2, 0.25) is 0 Å². The highest BCUT2D eigenvalue weighted by Gasteiger charge is 2.17. The summed E-state index contributed by atoms with van der Waals surface area (Å²) >= 11 is 3.28. The minimum Gasteiger partial charge on any atom is -0.464 e. The molecule has 0 bridgehead atoms. The Balaban J connectivity index is 2.18. The van der Waals surface area contributed by atoms with Crippen molar-refractivity contribution in [2.75, 3.05) is 7.05 Å². The number of hydrogen-bond donors (Lipinski definition) is 1. The Hall–Kier alpha value is -1.11. The van der Waals surface area contributed by atoms with Gasteiger partial charge in [-0.25, -0.2) is 8.42 Å². The predicted molar refractivity (Wildman–Crippen MR) is 76.5 cm³/mol. The monoisotopic (exact) mass is 343 g/mol. The van der Waals surface area contributed by atoms with E-state index in [1.165, 1.54) is 0 Å². The highest BCUT2D eigenvalue weighted by molar-refractivity contribution is 9.10. The first-order chi connectivity index (χ1) is 9.01. The Morgan fingerprint density at radius 1 is 1.11 bits per heavy atom. The molecule has 4 nitrogen and oxygen atoms in total. The molecule has 0 fully saturated rings. The molecule has 0 amide bonds.